The van der Waals surface area contributed by atoms with E-state index >= 15 is 0 Å². The SMILES string of the molecule is COc1ccc([C@H]2OCCn3c(-c4ccc(Cl)cc4)c4c(=O)n(C)c(=O)n(C)c4c32)cc1O. The fraction of sp³-hybridized carbons (Fsp3) is 0.250. The summed E-state index contributed by atoms with van der Waals surface area (Å²) in [5, 5.41) is 11.4. The van der Waals surface area contributed by atoms with Gasteiger partial charge in [-0.25, -0.2) is 4.79 Å². The minimum Gasteiger partial charge on any atom is -0.504 e. The van der Waals surface area contributed by atoms with Crippen molar-refractivity contribution < 1.29 is 14.6 Å². The van der Waals surface area contributed by atoms with Crippen LogP contribution in [0, 0.1) is 0 Å². The van der Waals surface area contributed by atoms with Crippen LogP contribution in [-0.2, 0) is 25.4 Å². The molecule has 0 radical (unpaired) electrons. The van der Waals surface area contributed by atoms with Gasteiger partial charge >= 0.3 is 5.69 Å². The lowest BCUT2D eigenvalue weighted by atomic mass is 10.0. The first kappa shape index (κ1) is 21.4. The Kier molecular flexibility index (Phi) is 5.07. The molecule has 9 heteroatoms. The van der Waals surface area contributed by atoms with Crippen molar-refractivity contribution in [2.24, 2.45) is 14.1 Å². The molecule has 0 aliphatic carbocycles. The molecule has 170 valence electrons. The quantitative estimate of drug-likeness (QED) is 0.500. The Hall–Kier alpha value is -3.49. The lowest BCUT2D eigenvalue weighted by molar-refractivity contribution is 0.0477. The molecule has 0 saturated heterocycles. The van der Waals surface area contributed by atoms with Crippen LogP contribution < -0.4 is 16.0 Å². The van der Waals surface area contributed by atoms with E-state index in [1.165, 1.54) is 18.7 Å². The van der Waals surface area contributed by atoms with E-state index in [-0.39, 0.29) is 11.3 Å². The molecule has 0 amide bonds. The van der Waals surface area contributed by atoms with Crippen molar-refractivity contribution in [3.05, 3.63) is 79.6 Å². The topological polar surface area (TPSA) is 87.6 Å². The predicted molar refractivity (Wildman–Crippen MR) is 125 cm³/mol. The number of methoxy groups -OCH3 is 1. The summed E-state index contributed by atoms with van der Waals surface area (Å²) in [6.45, 7) is 0.887. The zero-order valence-corrected chi connectivity index (χ0v) is 19.1. The van der Waals surface area contributed by atoms with Gasteiger partial charge in [-0.3, -0.25) is 13.9 Å². The van der Waals surface area contributed by atoms with E-state index in [1.54, 1.807) is 37.4 Å². The number of ether oxygens (including phenoxy) is 2. The van der Waals surface area contributed by atoms with Gasteiger partial charge < -0.3 is 19.1 Å². The number of phenols is 1. The fourth-order valence-electron chi connectivity index (χ4n) is 4.61. The van der Waals surface area contributed by atoms with Crippen molar-refractivity contribution in [2.45, 2.75) is 12.6 Å². The number of hydrogen-bond donors (Lipinski definition) is 1. The van der Waals surface area contributed by atoms with Crippen LogP contribution in [0.15, 0.2) is 52.1 Å². The van der Waals surface area contributed by atoms with Gasteiger partial charge in [0.25, 0.3) is 5.56 Å². The minimum atomic E-state index is -0.600. The molecular formula is C24H22ClN3O5. The second-order valence-corrected chi connectivity index (χ2v) is 8.44. The van der Waals surface area contributed by atoms with Gasteiger partial charge in [-0.15, -0.1) is 0 Å². The summed E-state index contributed by atoms with van der Waals surface area (Å²) in [4.78, 5) is 26.2. The maximum absolute atomic E-state index is 13.4. The first-order chi connectivity index (χ1) is 15.8. The van der Waals surface area contributed by atoms with Crippen molar-refractivity contribution in [1.29, 1.82) is 0 Å². The highest BCUT2D eigenvalue weighted by atomic mass is 35.5. The van der Waals surface area contributed by atoms with E-state index in [9.17, 15) is 14.7 Å². The number of nitrogens with zero attached hydrogens (tertiary/aromatic N) is 3. The van der Waals surface area contributed by atoms with Crippen LogP contribution in [0.4, 0.5) is 0 Å². The molecule has 0 unspecified atom stereocenters. The number of hydrogen-bond acceptors (Lipinski definition) is 5. The summed E-state index contributed by atoms with van der Waals surface area (Å²) in [6, 6.07) is 12.3. The average molecular weight is 468 g/mol. The molecule has 0 saturated carbocycles. The lowest BCUT2D eigenvalue weighted by Crippen LogP contribution is -2.37. The van der Waals surface area contributed by atoms with E-state index in [0.29, 0.717) is 51.8 Å². The molecule has 2 aromatic carbocycles. The van der Waals surface area contributed by atoms with Gasteiger partial charge in [0, 0.05) is 25.7 Å². The van der Waals surface area contributed by atoms with Gasteiger partial charge in [0.05, 0.1) is 36.0 Å². The Morgan fingerprint density at radius 2 is 1.82 bits per heavy atom. The predicted octanol–water partition coefficient (Wildman–Crippen LogP) is 3.19. The second-order valence-electron chi connectivity index (χ2n) is 8.00. The molecule has 2 aromatic heterocycles. The van der Waals surface area contributed by atoms with Crippen LogP contribution in [0.25, 0.3) is 22.2 Å². The molecule has 1 aliphatic rings. The average Bonchev–Trinajstić information content (AvgIpc) is 3.17. The molecule has 3 heterocycles. The molecule has 5 rings (SSSR count). The number of halogens is 1. The fourth-order valence-corrected chi connectivity index (χ4v) is 4.74. The summed E-state index contributed by atoms with van der Waals surface area (Å²) < 4.78 is 15.9. The Bertz CT molecular complexity index is 1510. The Balaban J connectivity index is 1.89. The molecule has 1 aliphatic heterocycles. The van der Waals surface area contributed by atoms with Gasteiger partial charge in [0.15, 0.2) is 11.5 Å². The van der Waals surface area contributed by atoms with Gasteiger partial charge in [0.2, 0.25) is 0 Å². The van der Waals surface area contributed by atoms with Crippen molar-refractivity contribution in [3.8, 4) is 22.8 Å². The zero-order chi connectivity index (χ0) is 23.4. The number of fused-ring (bicyclic) bond motifs is 3. The van der Waals surface area contributed by atoms with Crippen LogP contribution in [0.2, 0.25) is 5.02 Å². The smallest absolute Gasteiger partial charge is 0.331 e. The molecule has 0 bridgehead atoms. The molecule has 4 aromatic rings. The minimum absolute atomic E-state index is 0.0192. The summed E-state index contributed by atoms with van der Waals surface area (Å²) in [5.41, 5.74) is 2.59. The molecule has 0 fully saturated rings. The largest absolute Gasteiger partial charge is 0.504 e. The Labute approximate surface area is 193 Å². The summed E-state index contributed by atoms with van der Waals surface area (Å²) in [6.07, 6.45) is -0.600. The van der Waals surface area contributed by atoms with E-state index < -0.39 is 11.8 Å². The third-order valence-electron chi connectivity index (χ3n) is 6.18. The molecular weight excluding hydrogens is 446 g/mol. The zero-order valence-electron chi connectivity index (χ0n) is 18.3. The van der Waals surface area contributed by atoms with Crippen LogP contribution >= 0.6 is 11.6 Å². The Morgan fingerprint density at radius 1 is 1.09 bits per heavy atom. The number of phenolic OH excluding ortho intramolecular Hbond substituents is 1. The van der Waals surface area contributed by atoms with Crippen LogP contribution in [0.1, 0.15) is 17.4 Å². The first-order valence-electron chi connectivity index (χ1n) is 10.4. The normalized spacial score (nSPS) is 15.6. The highest BCUT2D eigenvalue weighted by Crippen LogP contribution is 2.42. The first-order valence-corrected chi connectivity index (χ1v) is 10.8. The molecule has 0 spiro atoms. The Morgan fingerprint density at radius 3 is 2.48 bits per heavy atom. The van der Waals surface area contributed by atoms with Crippen molar-refractivity contribution in [2.75, 3.05) is 13.7 Å². The maximum atomic E-state index is 13.4. The van der Waals surface area contributed by atoms with Gasteiger partial charge in [0.1, 0.15) is 6.10 Å². The van der Waals surface area contributed by atoms with Gasteiger partial charge in [-0.1, -0.05) is 29.8 Å². The standard InChI is InChI=1S/C24H22ClN3O5/c1-26-20-18(23(30)27(2)24(26)31)19(13-4-7-15(25)8-5-13)28-10-11-33-22(21(20)28)14-6-9-17(32-3)16(29)12-14/h4-9,12,22,29H,10-11H2,1-3H3/t22-/m1/s1. The number of rotatable bonds is 3. The van der Waals surface area contributed by atoms with Crippen LogP contribution in [-0.4, -0.2) is 32.5 Å². The second kappa shape index (κ2) is 7.83. The molecule has 1 N–H and O–H groups in total. The van der Waals surface area contributed by atoms with Crippen LogP contribution in [0.3, 0.4) is 0 Å². The third kappa shape index (κ3) is 3.17. The van der Waals surface area contributed by atoms with E-state index in [1.807, 2.05) is 16.7 Å². The number of benzene rings is 2. The maximum Gasteiger partial charge on any atom is 0.331 e. The number of aromatic hydroxyl groups is 1. The van der Waals surface area contributed by atoms with Crippen molar-refractivity contribution in [1.82, 2.24) is 13.7 Å². The van der Waals surface area contributed by atoms with Crippen molar-refractivity contribution in [3.63, 3.8) is 0 Å². The highest BCUT2D eigenvalue weighted by molar-refractivity contribution is 6.30. The third-order valence-corrected chi connectivity index (χ3v) is 6.43. The van der Waals surface area contributed by atoms with Gasteiger partial charge in [-0.2, -0.15) is 0 Å². The molecule has 1 atom stereocenters. The molecule has 8 nitrogen and oxygen atoms in total. The lowest BCUT2D eigenvalue weighted by Gasteiger charge is -2.28. The van der Waals surface area contributed by atoms with E-state index in [4.69, 9.17) is 21.1 Å². The summed E-state index contributed by atoms with van der Waals surface area (Å²) in [7, 11) is 4.60. The monoisotopic (exact) mass is 467 g/mol. The summed E-state index contributed by atoms with van der Waals surface area (Å²) >= 11 is 6.11. The number of aryl methyl sites for hydroxylation is 1. The molecule has 33 heavy (non-hydrogen) atoms. The van der Waals surface area contributed by atoms with Gasteiger partial charge in [-0.05, 0) is 35.4 Å². The van der Waals surface area contributed by atoms with E-state index in [0.717, 1.165) is 10.1 Å². The van der Waals surface area contributed by atoms with Crippen molar-refractivity contribution >= 4 is 22.5 Å². The summed E-state index contributed by atoms with van der Waals surface area (Å²) in [5.74, 6) is 0.326. The van der Waals surface area contributed by atoms with E-state index in [2.05, 4.69) is 0 Å². The number of aromatic nitrogens is 3. The van der Waals surface area contributed by atoms with Crippen LogP contribution in [0.5, 0.6) is 11.5 Å². The highest BCUT2D eigenvalue weighted by Gasteiger charge is 2.33.